The zero-order valence-corrected chi connectivity index (χ0v) is 21.2. The Labute approximate surface area is 204 Å². The van der Waals surface area contributed by atoms with E-state index in [9.17, 15) is 14.4 Å². The molecule has 2 aromatic carbocycles. The maximum absolute atomic E-state index is 12.6. The van der Waals surface area contributed by atoms with Crippen molar-refractivity contribution >= 4 is 29.0 Å². The van der Waals surface area contributed by atoms with Crippen molar-refractivity contribution < 1.29 is 14.4 Å². The maximum Gasteiger partial charge on any atom is 0.230 e. The highest BCUT2D eigenvalue weighted by atomic mass is 16.2. The number of hydrogen-bond acceptors (Lipinski definition) is 3. The van der Waals surface area contributed by atoms with Gasteiger partial charge in [-0.2, -0.15) is 0 Å². The second kappa shape index (κ2) is 13.1. The van der Waals surface area contributed by atoms with Crippen LogP contribution in [0.1, 0.15) is 79.1 Å². The molecule has 0 aromatic heterocycles. The van der Waals surface area contributed by atoms with Crippen LogP contribution in [0.25, 0.3) is 0 Å². The van der Waals surface area contributed by atoms with Gasteiger partial charge in [0.2, 0.25) is 11.8 Å². The van der Waals surface area contributed by atoms with Gasteiger partial charge in [-0.25, -0.2) is 0 Å². The highest BCUT2D eigenvalue weighted by molar-refractivity contribution is 5.95. The largest absolute Gasteiger partial charge is 0.326 e. The van der Waals surface area contributed by atoms with Crippen molar-refractivity contribution in [2.45, 2.75) is 79.1 Å². The van der Waals surface area contributed by atoms with Crippen LogP contribution in [0.2, 0.25) is 0 Å². The van der Waals surface area contributed by atoms with Gasteiger partial charge in [0.05, 0.1) is 0 Å². The molecule has 0 aliphatic rings. The molecule has 2 amide bonds. The van der Waals surface area contributed by atoms with Gasteiger partial charge in [0.15, 0.2) is 0 Å². The van der Waals surface area contributed by atoms with E-state index in [4.69, 9.17) is 0 Å². The number of ketones is 1. The molecule has 0 saturated heterocycles. The predicted octanol–water partition coefficient (Wildman–Crippen LogP) is 7.01. The molecule has 0 unspecified atom stereocenters. The van der Waals surface area contributed by atoms with Crippen LogP contribution in [0.5, 0.6) is 0 Å². The van der Waals surface area contributed by atoms with Gasteiger partial charge >= 0.3 is 0 Å². The molecular formula is C29H40N2O3. The quantitative estimate of drug-likeness (QED) is 0.295. The Hall–Kier alpha value is -2.95. The summed E-state index contributed by atoms with van der Waals surface area (Å²) in [6.45, 7) is 7.79. The zero-order valence-electron chi connectivity index (χ0n) is 21.2. The molecule has 34 heavy (non-hydrogen) atoms. The third-order valence-electron chi connectivity index (χ3n) is 6.31. The molecule has 0 heterocycles. The molecule has 0 fully saturated rings. The average Bonchev–Trinajstić information content (AvgIpc) is 2.81. The molecule has 184 valence electrons. The Balaban J connectivity index is 1.60. The lowest BCUT2D eigenvalue weighted by Crippen LogP contribution is -2.30. The van der Waals surface area contributed by atoms with Gasteiger partial charge in [0.1, 0.15) is 5.78 Å². The minimum absolute atomic E-state index is 0.00365. The van der Waals surface area contributed by atoms with Crippen molar-refractivity contribution in [1.82, 2.24) is 0 Å². The molecule has 5 nitrogen and oxygen atoms in total. The number of nitrogens with one attached hydrogen (secondary N) is 2. The summed E-state index contributed by atoms with van der Waals surface area (Å²) in [5.41, 5.74) is 0.642. The molecule has 2 N–H and O–H groups in total. The lowest BCUT2D eigenvalue weighted by Gasteiger charge is -2.23. The van der Waals surface area contributed by atoms with Crippen molar-refractivity contribution in [2.24, 2.45) is 10.8 Å². The summed E-state index contributed by atoms with van der Waals surface area (Å²) < 4.78 is 0. The molecule has 0 aliphatic carbocycles. The summed E-state index contributed by atoms with van der Waals surface area (Å²) in [4.78, 5) is 37.4. The summed E-state index contributed by atoms with van der Waals surface area (Å²) in [7, 11) is 0. The Bertz CT molecular complexity index is 845. The fourth-order valence-electron chi connectivity index (χ4n) is 3.77. The van der Waals surface area contributed by atoms with E-state index < -0.39 is 10.8 Å². The summed E-state index contributed by atoms with van der Waals surface area (Å²) in [5, 5.41) is 5.93. The molecule has 0 saturated carbocycles. The van der Waals surface area contributed by atoms with E-state index in [-0.39, 0.29) is 17.6 Å². The van der Waals surface area contributed by atoms with Gasteiger partial charge < -0.3 is 10.6 Å². The highest BCUT2D eigenvalue weighted by Crippen LogP contribution is 2.27. The van der Waals surface area contributed by atoms with Gasteiger partial charge in [-0.05, 0) is 49.9 Å². The number of rotatable bonds is 14. The molecule has 2 rings (SSSR count). The molecule has 0 spiro atoms. The fraction of sp³-hybridized carbons (Fsp3) is 0.483. The lowest BCUT2D eigenvalue weighted by atomic mass is 9.85. The van der Waals surface area contributed by atoms with Crippen LogP contribution in [0.3, 0.4) is 0 Å². The van der Waals surface area contributed by atoms with Crippen LogP contribution >= 0.6 is 0 Å². The lowest BCUT2D eigenvalue weighted by molar-refractivity contribution is -0.125. The van der Waals surface area contributed by atoms with Crippen molar-refractivity contribution in [3.8, 4) is 0 Å². The van der Waals surface area contributed by atoms with Crippen LogP contribution < -0.4 is 10.6 Å². The van der Waals surface area contributed by atoms with Gasteiger partial charge in [-0.15, -0.1) is 0 Å². The van der Waals surface area contributed by atoms with Crippen LogP contribution in [0.15, 0.2) is 60.7 Å². The first-order valence-corrected chi connectivity index (χ1v) is 12.3. The topological polar surface area (TPSA) is 75.3 Å². The summed E-state index contributed by atoms with van der Waals surface area (Å²) >= 11 is 0. The smallest absolute Gasteiger partial charge is 0.230 e. The number of hydrogen-bond donors (Lipinski definition) is 2. The monoisotopic (exact) mass is 464 g/mol. The van der Waals surface area contributed by atoms with Crippen LogP contribution in [-0.2, 0) is 14.4 Å². The summed E-state index contributed by atoms with van der Waals surface area (Å²) in [5.74, 6) is 0.269. The maximum atomic E-state index is 12.6. The van der Waals surface area contributed by atoms with Gasteiger partial charge in [0.25, 0.3) is 0 Å². The van der Waals surface area contributed by atoms with Crippen molar-refractivity contribution in [3.05, 3.63) is 60.7 Å². The van der Waals surface area contributed by atoms with E-state index >= 15 is 0 Å². The standard InChI is InChI=1S/C29H40N2O3/c1-28(2,26(33)30-23-15-7-5-8-16-23)21-13-11-19-25(32)20-12-14-22-29(3,4)27(34)31-24-17-9-6-10-18-24/h5-10,15-18H,11-14,19-22H2,1-4H3,(H,30,33)(H,31,34). The number of carbonyl (C=O) groups is 3. The third-order valence-corrected chi connectivity index (χ3v) is 6.31. The van der Waals surface area contributed by atoms with Gasteiger partial charge in [-0.1, -0.05) is 76.9 Å². The van der Waals surface area contributed by atoms with Crippen molar-refractivity contribution in [1.29, 1.82) is 0 Å². The van der Waals surface area contributed by atoms with E-state index in [1.165, 1.54) is 0 Å². The van der Waals surface area contributed by atoms with Crippen LogP contribution in [-0.4, -0.2) is 17.6 Å². The first-order chi connectivity index (χ1) is 16.1. The highest BCUT2D eigenvalue weighted by Gasteiger charge is 2.28. The number of anilines is 2. The fourth-order valence-corrected chi connectivity index (χ4v) is 3.77. The van der Waals surface area contributed by atoms with Gasteiger partial charge in [0, 0.05) is 35.0 Å². The van der Waals surface area contributed by atoms with Gasteiger partial charge in [-0.3, -0.25) is 14.4 Å². The molecular weight excluding hydrogens is 424 g/mol. The molecule has 0 bridgehead atoms. The minimum Gasteiger partial charge on any atom is -0.326 e. The Kier molecular flexibility index (Phi) is 10.5. The number of amides is 2. The second-order valence-corrected chi connectivity index (χ2v) is 10.4. The number of benzene rings is 2. The Morgan fingerprint density at radius 2 is 0.941 bits per heavy atom. The van der Waals surface area contributed by atoms with Crippen LogP contribution in [0.4, 0.5) is 11.4 Å². The number of para-hydroxylation sites is 2. The minimum atomic E-state index is -0.481. The van der Waals surface area contributed by atoms with E-state index in [0.29, 0.717) is 12.8 Å². The summed E-state index contributed by atoms with van der Waals surface area (Å²) in [6.07, 6.45) is 5.86. The number of carbonyl (C=O) groups excluding carboxylic acids is 3. The number of unbranched alkanes of at least 4 members (excludes halogenated alkanes) is 2. The average molecular weight is 465 g/mol. The van der Waals surface area contributed by atoms with Crippen molar-refractivity contribution in [2.75, 3.05) is 10.6 Å². The molecule has 0 radical (unpaired) electrons. The molecule has 2 aromatic rings. The van der Waals surface area contributed by atoms with E-state index in [2.05, 4.69) is 10.6 Å². The normalized spacial score (nSPS) is 11.6. The summed E-state index contributed by atoms with van der Waals surface area (Å²) in [6, 6.07) is 18.9. The Morgan fingerprint density at radius 3 is 1.29 bits per heavy atom. The second-order valence-electron chi connectivity index (χ2n) is 10.4. The molecule has 0 atom stereocenters. The Morgan fingerprint density at radius 1 is 0.588 bits per heavy atom. The van der Waals surface area contributed by atoms with E-state index in [1.807, 2.05) is 88.4 Å². The first-order valence-electron chi connectivity index (χ1n) is 12.3. The van der Waals surface area contributed by atoms with Crippen molar-refractivity contribution in [3.63, 3.8) is 0 Å². The van der Waals surface area contributed by atoms with E-state index in [1.54, 1.807) is 0 Å². The molecule has 0 aliphatic heterocycles. The zero-order chi connectivity index (χ0) is 25.0. The van der Waals surface area contributed by atoms with Crippen LogP contribution in [0, 0.1) is 10.8 Å². The SMILES string of the molecule is CC(C)(CCCCC(=O)CCCCC(C)(C)C(=O)Nc1ccccc1)C(=O)Nc1ccccc1. The molecule has 5 heteroatoms. The number of Topliss-reactive ketones (excluding diaryl/α,β-unsaturated/α-hetero) is 1. The first kappa shape index (κ1) is 27.3. The third kappa shape index (κ3) is 9.50. The van der Waals surface area contributed by atoms with E-state index in [0.717, 1.165) is 49.9 Å². The predicted molar refractivity (Wildman–Crippen MR) is 140 cm³/mol.